The molecule has 132 valence electrons. The van der Waals surface area contributed by atoms with E-state index >= 15 is 0 Å². The molecule has 26 heavy (non-hydrogen) atoms. The lowest BCUT2D eigenvalue weighted by atomic mass is 10.0. The number of benzene rings is 2. The van der Waals surface area contributed by atoms with Gasteiger partial charge in [0, 0.05) is 12.1 Å². The molecule has 1 heterocycles. The number of hydrogen-bond acceptors (Lipinski definition) is 5. The van der Waals surface area contributed by atoms with E-state index in [1.54, 1.807) is 25.1 Å². The van der Waals surface area contributed by atoms with E-state index < -0.39 is 35.2 Å². The topological polar surface area (TPSA) is 118 Å². The van der Waals surface area contributed by atoms with Crippen LogP contribution in [0, 0.1) is 17.0 Å². The molecular formula is C18H14N2O6. The van der Waals surface area contributed by atoms with Crippen LogP contribution in [0.3, 0.4) is 0 Å². The normalized spacial score (nSPS) is 14.3. The largest absolute Gasteiger partial charge is 0.481 e. The van der Waals surface area contributed by atoms with E-state index in [2.05, 4.69) is 0 Å². The number of hydrogen-bond donors (Lipinski definition) is 1. The van der Waals surface area contributed by atoms with E-state index in [1.165, 1.54) is 24.3 Å². The van der Waals surface area contributed by atoms with Gasteiger partial charge >= 0.3 is 5.97 Å². The molecule has 3 rings (SSSR count). The van der Waals surface area contributed by atoms with Crippen molar-refractivity contribution < 1.29 is 24.4 Å². The molecule has 0 bridgehead atoms. The van der Waals surface area contributed by atoms with Crippen molar-refractivity contribution >= 4 is 23.5 Å². The number of nitro benzene ring substituents is 1. The molecule has 1 aliphatic heterocycles. The van der Waals surface area contributed by atoms with Crippen molar-refractivity contribution in [3.8, 4) is 0 Å². The molecule has 2 aromatic carbocycles. The summed E-state index contributed by atoms with van der Waals surface area (Å²) >= 11 is 0. The fourth-order valence-corrected chi connectivity index (χ4v) is 3.00. The first-order chi connectivity index (χ1) is 12.3. The Bertz CT molecular complexity index is 935. The van der Waals surface area contributed by atoms with Crippen molar-refractivity contribution in [3.63, 3.8) is 0 Å². The van der Waals surface area contributed by atoms with Gasteiger partial charge in [0.15, 0.2) is 0 Å². The minimum Gasteiger partial charge on any atom is -0.481 e. The Kier molecular flexibility index (Phi) is 4.25. The molecular weight excluding hydrogens is 340 g/mol. The molecule has 0 radical (unpaired) electrons. The highest BCUT2D eigenvalue weighted by atomic mass is 16.6. The molecule has 8 heteroatoms. The predicted octanol–water partition coefficient (Wildman–Crippen LogP) is 2.72. The summed E-state index contributed by atoms with van der Waals surface area (Å²) in [4.78, 5) is 47.9. The van der Waals surface area contributed by atoms with Gasteiger partial charge in [-0.05, 0) is 24.6 Å². The monoisotopic (exact) mass is 354 g/mol. The van der Waals surface area contributed by atoms with Crippen LogP contribution in [-0.4, -0.2) is 32.7 Å². The van der Waals surface area contributed by atoms with E-state index in [-0.39, 0.29) is 16.8 Å². The molecule has 1 N–H and O–H groups in total. The number of imide groups is 1. The Balaban J connectivity index is 2.04. The average molecular weight is 354 g/mol. The van der Waals surface area contributed by atoms with Crippen LogP contribution in [0.15, 0.2) is 42.5 Å². The summed E-state index contributed by atoms with van der Waals surface area (Å²) in [6.45, 7) is 1.78. The lowest BCUT2D eigenvalue weighted by molar-refractivity contribution is -0.384. The Labute approximate surface area is 147 Å². The van der Waals surface area contributed by atoms with Gasteiger partial charge in [0.1, 0.15) is 0 Å². The SMILES string of the molecule is Cc1ccc2c(c1)C(=O)N(C(CC(=O)O)c1ccc([N+](=O)[O-])cc1)C2=O. The number of nitrogens with zero attached hydrogens (tertiary/aromatic N) is 2. The third-order valence-electron chi connectivity index (χ3n) is 4.24. The molecule has 2 amide bonds. The van der Waals surface area contributed by atoms with Gasteiger partial charge in [0.2, 0.25) is 0 Å². The van der Waals surface area contributed by atoms with E-state index in [1.807, 2.05) is 0 Å². The summed E-state index contributed by atoms with van der Waals surface area (Å²) in [7, 11) is 0. The van der Waals surface area contributed by atoms with E-state index in [9.17, 15) is 29.6 Å². The lowest BCUT2D eigenvalue weighted by Crippen LogP contribution is -2.35. The second-order valence-corrected chi connectivity index (χ2v) is 5.99. The first-order valence-electron chi connectivity index (χ1n) is 7.74. The minimum absolute atomic E-state index is 0.166. The lowest BCUT2D eigenvalue weighted by Gasteiger charge is -2.25. The molecule has 0 aromatic heterocycles. The number of nitro groups is 1. The highest BCUT2D eigenvalue weighted by Gasteiger charge is 2.41. The summed E-state index contributed by atoms with van der Waals surface area (Å²) < 4.78 is 0. The van der Waals surface area contributed by atoms with E-state index in [0.717, 1.165) is 10.5 Å². The zero-order valence-electron chi connectivity index (χ0n) is 13.7. The van der Waals surface area contributed by atoms with Gasteiger partial charge < -0.3 is 5.11 Å². The van der Waals surface area contributed by atoms with Gasteiger partial charge in [0.05, 0.1) is 28.5 Å². The van der Waals surface area contributed by atoms with Crippen molar-refractivity contribution in [3.05, 3.63) is 74.8 Å². The number of aryl methyl sites for hydroxylation is 1. The van der Waals surface area contributed by atoms with Gasteiger partial charge in [-0.2, -0.15) is 0 Å². The summed E-state index contributed by atoms with van der Waals surface area (Å²) in [6, 6.07) is 8.92. The van der Waals surface area contributed by atoms with Gasteiger partial charge in [-0.3, -0.25) is 29.4 Å². The second kappa shape index (κ2) is 6.40. The summed E-state index contributed by atoms with van der Waals surface area (Å²) in [6.07, 6.45) is -0.498. The van der Waals surface area contributed by atoms with Gasteiger partial charge in [0.25, 0.3) is 17.5 Å². The fraction of sp³-hybridized carbons (Fsp3) is 0.167. The number of aliphatic carboxylic acids is 1. The van der Waals surface area contributed by atoms with Gasteiger partial charge in [-0.1, -0.05) is 23.8 Å². The van der Waals surface area contributed by atoms with Crippen LogP contribution >= 0.6 is 0 Å². The first-order valence-corrected chi connectivity index (χ1v) is 7.74. The maximum absolute atomic E-state index is 12.7. The number of carboxylic acid groups (broad SMARTS) is 1. The van der Waals surface area contributed by atoms with Crippen molar-refractivity contribution in [2.45, 2.75) is 19.4 Å². The third-order valence-corrected chi connectivity index (χ3v) is 4.24. The number of carboxylic acids is 1. The van der Waals surface area contributed by atoms with Crippen LogP contribution in [0.25, 0.3) is 0 Å². The van der Waals surface area contributed by atoms with Crippen LogP contribution in [0.5, 0.6) is 0 Å². The van der Waals surface area contributed by atoms with Crippen molar-refractivity contribution in [2.75, 3.05) is 0 Å². The Morgan fingerprint density at radius 2 is 1.73 bits per heavy atom. The molecule has 1 unspecified atom stereocenters. The van der Waals surface area contributed by atoms with Gasteiger partial charge in [-0.25, -0.2) is 0 Å². The first kappa shape index (κ1) is 17.3. The van der Waals surface area contributed by atoms with Crippen LogP contribution in [0.1, 0.15) is 44.3 Å². The fourth-order valence-electron chi connectivity index (χ4n) is 3.00. The number of fused-ring (bicyclic) bond motifs is 1. The summed E-state index contributed by atoms with van der Waals surface area (Å²) in [5.74, 6) is -2.34. The quantitative estimate of drug-likeness (QED) is 0.501. The smallest absolute Gasteiger partial charge is 0.305 e. The van der Waals surface area contributed by atoms with Crippen LogP contribution in [-0.2, 0) is 4.79 Å². The second-order valence-electron chi connectivity index (χ2n) is 5.99. The molecule has 1 atom stereocenters. The Hall–Kier alpha value is -3.55. The zero-order valence-corrected chi connectivity index (χ0v) is 13.7. The maximum atomic E-state index is 12.7. The molecule has 0 saturated heterocycles. The van der Waals surface area contributed by atoms with Crippen LogP contribution in [0.2, 0.25) is 0 Å². The number of amides is 2. The molecule has 0 aliphatic carbocycles. The van der Waals surface area contributed by atoms with Crippen molar-refractivity contribution in [2.24, 2.45) is 0 Å². The molecule has 1 aliphatic rings. The summed E-state index contributed by atoms with van der Waals surface area (Å²) in [5, 5.41) is 20.0. The number of carbonyl (C=O) groups is 3. The average Bonchev–Trinajstić information content (AvgIpc) is 2.83. The summed E-state index contributed by atoms with van der Waals surface area (Å²) in [5.41, 5.74) is 1.42. The highest BCUT2D eigenvalue weighted by Crippen LogP contribution is 2.34. The van der Waals surface area contributed by atoms with Crippen LogP contribution in [0.4, 0.5) is 5.69 Å². The number of non-ortho nitro benzene ring substituents is 1. The standard InChI is InChI=1S/C18H14N2O6/c1-10-2-7-13-14(8-10)18(24)19(17(13)23)15(9-16(21)22)11-3-5-12(6-4-11)20(25)26/h2-8,15H,9H2,1H3,(H,21,22). The van der Waals surface area contributed by atoms with Gasteiger partial charge in [-0.15, -0.1) is 0 Å². The van der Waals surface area contributed by atoms with E-state index in [4.69, 9.17) is 0 Å². The third kappa shape index (κ3) is 2.92. The predicted molar refractivity (Wildman–Crippen MR) is 89.8 cm³/mol. The number of carbonyl (C=O) groups excluding carboxylic acids is 2. The zero-order chi connectivity index (χ0) is 19.0. The maximum Gasteiger partial charge on any atom is 0.305 e. The molecule has 2 aromatic rings. The van der Waals surface area contributed by atoms with E-state index in [0.29, 0.717) is 5.56 Å². The Morgan fingerprint density at radius 3 is 2.31 bits per heavy atom. The Morgan fingerprint density at radius 1 is 1.12 bits per heavy atom. The number of rotatable bonds is 5. The molecule has 8 nitrogen and oxygen atoms in total. The molecule has 0 spiro atoms. The molecule has 0 saturated carbocycles. The highest BCUT2D eigenvalue weighted by molar-refractivity contribution is 6.21. The van der Waals surface area contributed by atoms with Crippen LogP contribution < -0.4 is 0 Å². The van der Waals surface area contributed by atoms with Crippen molar-refractivity contribution in [1.29, 1.82) is 0 Å². The minimum atomic E-state index is -1.19. The van der Waals surface area contributed by atoms with Crippen molar-refractivity contribution in [1.82, 2.24) is 4.90 Å². The molecule has 0 fully saturated rings.